The van der Waals surface area contributed by atoms with Crippen LogP contribution in [0.3, 0.4) is 0 Å². The molecule has 0 N–H and O–H groups in total. The summed E-state index contributed by atoms with van der Waals surface area (Å²) in [5.74, 6) is -0.202. The predicted molar refractivity (Wildman–Crippen MR) is 78.2 cm³/mol. The first-order valence-electron chi connectivity index (χ1n) is 7.32. The smallest absolute Gasteiger partial charge is 0.333 e. The van der Waals surface area contributed by atoms with Gasteiger partial charge in [-0.2, -0.15) is 0 Å². The summed E-state index contributed by atoms with van der Waals surface area (Å²) in [4.78, 5) is 16.3. The Morgan fingerprint density at radius 1 is 1.47 bits per heavy atom. The van der Waals surface area contributed by atoms with Crippen LogP contribution in [-0.2, 0) is 9.53 Å². The first-order chi connectivity index (χ1) is 9.12. The highest BCUT2D eigenvalue weighted by Crippen LogP contribution is 2.17. The van der Waals surface area contributed by atoms with Crippen LogP contribution in [-0.4, -0.2) is 62.1 Å². The molecule has 0 bridgehead atoms. The van der Waals surface area contributed by atoms with Gasteiger partial charge < -0.3 is 9.64 Å². The molecule has 1 unspecified atom stereocenters. The molecule has 0 radical (unpaired) electrons. The Kier molecular flexibility index (Phi) is 7.10. The summed E-state index contributed by atoms with van der Waals surface area (Å²) in [5, 5.41) is 0. The summed E-state index contributed by atoms with van der Waals surface area (Å²) in [6.07, 6.45) is 5.33. The van der Waals surface area contributed by atoms with Crippen molar-refractivity contribution in [2.75, 3.05) is 40.3 Å². The third-order valence-corrected chi connectivity index (χ3v) is 3.91. The highest BCUT2D eigenvalue weighted by molar-refractivity contribution is 5.88. The van der Waals surface area contributed by atoms with Crippen molar-refractivity contribution in [1.29, 1.82) is 0 Å². The van der Waals surface area contributed by atoms with Crippen LogP contribution >= 0.6 is 0 Å². The summed E-state index contributed by atoms with van der Waals surface area (Å²) >= 11 is 0. The van der Waals surface area contributed by atoms with Crippen molar-refractivity contribution in [1.82, 2.24) is 9.80 Å². The molecule has 1 rings (SSSR count). The van der Waals surface area contributed by atoms with Gasteiger partial charge in [-0.3, -0.25) is 4.90 Å². The van der Waals surface area contributed by atoms with Gasteiger partial charge in [0.1, 0.15) is 0 Å². The molecule has 0 amide bonds. The first kappa shape index (κ1) is 16.2. The minimum atomic E-state index is -0.202. The lowest BCUT2D eigenvalue weighted by atomic mass is 10.2. The van der Waals surface area contributed by atoms with Crippen molar-refractivity contribution < 1.29 is 9.53 Å². The summed E-state index contributed by atoms with van der Waals surface area (Å²) in [7, 11) is 3.56. The Hall–Kier alpha value is -0.870. The lowest BCUT2D eigenvalue weighted by molar-refractivity contribution is -0.136. The Morgan fingerprint density at radius 2 is 2.21 bits per heavy atom. The van der Waals surface area contributed by atoms with Gasteiger partial charge in [-0.1, -0.05) is 19.9 Å². The van der Waals surface area contributed by atoms with Crippen molar-refractivity contribution in [2.45, 2.75) is 39.2 Å². The van der Waals surface area contributed by atoms with Crippen LogP contribution in [0.25, 0.3) is 0 Å². The summed E-state index contributed by atoms with van der Waals surface area (Å²) in [6, 6.07) is 0.673. The Labute approximate surface area is 117 Å². The number of rotatable bonds is 7. The molecule has 0 aromatic carbocycles. The maximum atomic E-state index is 11.5. The topological polar surface area (TPSA) is 32.8 Å². The van der Waals surface area contributed by atoms with Crippen molar-refractivity contribution in [3.63, 3.8) is 0 Å². The molecular formula is C15H28N2O2. The third kappa shape index (κ3) is 4.96. The van der Waals surface area contributed by atoms with E-state index in [2.05, 4.69) is 23.8 Å². The van der Waals surface area contributed by atoms with Crippen LogP contribution in [0.2, 0.25) is 0 Å². The maximum Gasteiger partial charge on any atom is 0.333 e. The van der Waals surface area contributed by atoms with Gasteiger partial charge >= 0.3 is 5.97 Å². The Bertz CT molecular complexity index is 315. The number of esters is 1. The van der Waals surface area contributed by atoms with Crippen LogP contribution in [0.5, 0.6) is 0 Å². The van der Waals surface area contributed by atoms with E-state index in [1.165, 1.54) is 26.5 Å². The van der Waals surface area contributed by atoms with Gasteiger partial charge in [-0.15, -0.1) is 0 Å². The minimum Gasteiger partial charge on any atom is -0.466 e. The maximum absolute atomic E-state index is 11.5. The molecule has 0 aromatic heterocycles. The number of carbonyl (C=O) groups excluding carboxylic acids is 1. The zero-order valence-corrected chi connectivity index (χ0v) is 12.8. The van der Waals surface area contributed by atoms with E-state index in [4.69, 9.17) is 4.74 Å². The zero-order valence-electron chi connectivity index (χ0n) is 12.8. The number of likely N-dealkylation sites (tertiary alicyclic amines) is 1. The van der Waals surface area contributed by atoms with E-state index in [0.717, 1.165) is 31.6 Å². The average molecular weight is 268 g/mol. The number of methoxy groups -OCH3 is 1. The minimum absolute atomic E-state index is 0.202. The van der Waals surface area contributed by atoms with E-state index in [9.17, 15) is 4.79 Å². The normalized spacial score (nSPS) is 21.1. The van der Waals surface area contributed by atoms with Crippen molar-refractivity contribution in [3.05, 3.63) is 11.6 Å². The van der Waals surface area contributed by atoms with E-state index >= 15 is 0 Å². The molecular weight excluding hydrogens is 240 g/mol. The van der Waals surface area contributed by atoms with E-state index < -0.39 is 0 Å². The van der Waals surface area contributed by atoms with Crippen molar-refractivity contribution >= 4 is 5.97 Å². The fourth-order valence-electron chi connectivity index (χ4n) is 2.72. The summed E-state index contributed by atoms with van der Waals surface area (Å²) in [5.41, 5.74) is 0.771. The zero-order chi connectivity index (χ0) is 14.3. The predicted octanol–water partition coefficient (Wildman–Crippen LogP) is 1.91. The molecule has 0 spiro atoms. The lowest BCUT2D eigenvalue weighted by Crippen LogP contribution is -2.38. The number of hydrogen-bond donors (Lipinski definition) is 0. The molecule has 4 nitrogen and oxygen atoms in total. The molecule has 1 atom stereocenters. The molecule has 0 saturated carbocycles. The van der Waals surface area contributed by atoms with E-state index in [1.807, 2.05) is 13.0 Å². The van der Waals surface area contributed by atoms with Gasteiger partial charge in [0, 0.05) is 24.7 Å². The number of likely N-dealkylation sites (N-methyl/N-ethyl adjacent to an activating group) is 2. The van der Waals surface area contributed by atoms with Gasteiger partial charge in [0.05, 0.1) is 7.11 Å². The molecule has 1 aliphatic rings. The average Bonchev–Trinajstić information content (AvgIpc) is 2.86. The summed E-state index contributed by atoms with van der Waals surface area (Å²) in [6.45, 7) is 8.46. The van der Waals surface area contributed by atoms with Crippen LogP contribution in [0.1, 0.15) is 33.1 Å². The molecule has 1 heterocycles. The van der Waals surface area contributed by atoms with Gasteiger partial charge in [-0.05, 0) is 39.4 Å². The monoisotopic (exact) mass is 268 g/mol. The van der Waals surface area contributed by atoms with E-state index in [-0.39, 0.29) is 5.97 Å². The largest absolute Gasteiger partial charge is 0.466 e. The second-order valence-corrected chi connectivity index (χ2v) is 5.22. The molecule has 1 fully saturated rings. The van der Waals surface area contributed by atoms with Gasteiger partial charge in [-0.25, -0.2) is 4.79 Å². The standard InChI is InChI=1S/C15H28N2O2/c1-5-13(15(18)19-4)9-11-16(3)12-14-8-7-10-17(14)6-2/h9,14H,5-8,10-12H2,1-4H3. The van der Waals surface area contributed by atoms with E-state index in [0.29, 0.717) is 6.04 Å². The highest BCUT2D eigenvalue weighted by atomic mass is 16.5. The van der Waals surface area contributed by atoms with Gasteiger partial charge in [0.25, 0.3) is 0 Å². The number of hydrogen-bond acceptors (Lipinski definition) is 4. The Balaban J connectivity index is 2.44. The van der Waals surface area contributed by atoms with E-state index in [1.54, 1.807) is 0 Å². The molecule has 1 saturated heterocycles. The van der Waals surface area contributed by atoms with Crippen LogP contribution in [0, 0.1) is 0 Å². The molecule has 0 aliphatic carbocycles. The second kappa shape index (κ2) is 8.33. The fraction of sp³-hybridized carbons (Fsp3) is 0.800. The highest BCUT2D eigenvalue weighted by Gasteiger charge is 2.23. The van der Waals surface area contributed by atoms with Crippen molar-refractivity contribution in [3.8, 4) is 0 Å². The SMILES string of the molecule is CCC(=CCN(C)CC1CCCN1CC)C(=O)OC. The lowest BCUT2D eigenvalue weighted by Gasteiger charge is -2.27. The van der Waals surface area contributed by atoms with Crippen LogP contribution < -0.4 is 0 Å². The molecule has 19 heavy (non-hydrogen) atoms. The molecule has 110 valence electrons. The summed E-state index contributed by atoms with van der Waals surface area (Å²) < 4.78 is 4.77. The van der Waals surface area contributed by atoms with Crippen LogP contribution in [0.4, 0.5) is 0 Å². The number of carbonyl (C=O) groups is 1. The molecule has 0 aromatic rings. The van der Waals surface area contributed by atoms with Crippen molar-refractivity contribution in [2.24, 2.45) is 0 Å². The van der Waals surface area contributed by atoms with Gasteiger partial charge in [0.15, 0.2) is 0 Å². The van der Waals surface area contributed by atoms with Crippen LogP contribution in [0.15, 0.2) is 11.6 Å². The number of nitrogens with zero attached hydrogens (tertiary/aromatic N) is 2. The molecule has 1 aliphatic heterocycles. The fourth-order valence-corrected chi connectivity index (χ4v) is 2.72. The quantitative estimate of drug-likeness (QED) is 0.521. The Morgan fingerprint density at radius 3 is 2.79 bits per heavy atom. The first-order valence-corrected chi connectivity index (χ1v) is 7.32. The number of ether oxygens (including phenoxy) is 1. The van der Waals surface area contributed by atoms with Gasteiger partial charge in [0.2, 0.25) is 0 Å². The molecule has 4 heteroatoms. The second-order valence-electron chi connectivity index (χ2n) is 5.22. The third-order valence-electron chi connectivity index (χ3n) is 3.91.